The Balaban J connectivity index is 1.70. The van der Waals surface area contributed by atoms with Crippen molar-refractivity contribution >= 4 is 29.1 Å². The summed E-state index contributed by atoms with van der Waals surface area (Å²) in [6, 6.07) is 10.7. The van der Waals surface area contributed by atoms with Crippen molar-refractivity contribution in [3.8, 4) is 0 Å². The molecule has 3 N–H and O–H groups in total. The van der Waals surface area contributed by atoms with E-state index in [1.807, 2.05) is 30.3 Å². The second-order valence-corrected chi connectivity index (χ2v) is 6.58. The largest absolute Gasteiger partial charge is 0.349 e. The SMILES string of the molecule is CC(=O)Nc1cc(NC(=O)C2CCC(c3ccccc3)NC2=O)c(F)cc1F. The lowest BCUT2D eigenvalue weighted by atomic mass is 9.89. The van der Waals surface area contributed by atoms with Gasteiger partial charge in [0.1, 0.15) is 17.6 Å². The van der Waals surface area contributed by atoms with Crippen molar-refractivity contribution in [2.45, 2.75) is 25.8 Å². The number of anilines is 2. The lowest BCUT2D eigenvalue weighted by Crippen LogP contribution is -2.44. The van der Waals surface area contributed by atoms with Crippen LogP contribution in [0.25, 0.3) is 0 Å². The average Bonchev–Trinajstić information content (AvgIpc) is 2.65. The average molecular weight is 387 g/mol. The number of hydrogen-bond acceptors (Lipinski definition) is 3. The maximum absolute atomic E-state index is 14.0. The molecule has 0 aliphatic carbocycles. The fraction of sp³-hybridized carbons (Fsp3) is 0.250. The standard InChI is InChI=1S/C20H19F2N3O3/c1-11(26)23-17-10-18(15(22)9-14(17)21)25-20(28)13-7-8-16(24-19(13)27)12-5-3-2-4-6-12/h2-6,9-10,13,16H,7-8H2,1H3,(H,23,26)(H,24,27)(H,25,28). The summed E-state index contributed by atoms with van der Waals surface area (Å²) in [4.78, 5) is 36.0. The van der Waals surface area contributed by atoms with Crippen LogP contribution in [-0.4, -0.2) is 17.7 Å². The molecule has 0 spiro atoms. The van der Waals surface area contributed by atoms with Crippen LogP contribution in [0, 0.1) is 17.6 Å². The van der Waals surface area contributed by atoms with E-state index in [-0.39, 0.29) is 17.4 Å². The Labute approximate surface area is 160 Å². The molecule has 3 rings (SSSR count). The van der Waals surface area contributed by atoms with Crippen LogP contribution in [0.1, 0.15) is 31.4 Å². The summed E-state index contributed by atoms with van der Waals surface area (Å²) in [5.74, 6) is -4.65. The van der Waals surface area contributed by atoms with Gasteiger partial charge in [-0.2, -0.15) is 0 Å². The van der Waals surface area contributed by atoms with Crippen molar-refractivity contribution in [3.05, 3.63) is 59.7 Å². The molecule has 1 aliphatic heterocycles. The van der Waals surface area contributed by atoms with Crippen molar-refractivity contribution in [2.24, 2.45) is 5.92 Å². The van der Waals surface area contributed by atoms with Crippen molar-refractivity contribution in [3.63, 3.8) is 0 Å². The number of amides is 3. The first-order valence-corrected chi connectivity index (χ1v) is 8.78. The van der Waals surface area contributed by atoms with Crippen molar-refractivity contribution in [1.82, 2.24) is 5.32 Å². The third kappa shape index (κ3) is 4.33. The highest BCUT2D eigenvalue weighted by Gasteiger charge is 2.34. The Hall–Kier alpha value is -3.29. The molecule has 1 saturated heterocycles. The molecule has 28 heavy (non-hydrogen) atoms. The number of piperidine rings is 1. The van der Waals surface area contributed by atoms with E-state index in [0.717, 1.165) is 11.6 Å². The number of hydrogen-bond donors (Lipinski definition) is 3. The van der Waals surface area contributed by atoms with E-state index < -0.39 is 35.3 Å². The van der Waals surface area contributed by atoms with Gasteiger partial charge in [0.05, 0.1) is 17.4 Å². The zero-order chi connectivity index (χ0) is 20.3. The molecule has 1 fully saturated rings. The van der Waals surface area contributed by atoms with Crippen LogP contribution in [-0.2, 0) is 14.4 Å². The first kappa shape index (κ1) is 19.5. The maximum atomic E-state index is 14.0. The van der Waals surface area contributed by atoms with E-state index in [9.17, 15) is 23.2 Å². The number of benzene rings is 2. The number of carbonyl (C=O) groups excluding carboxylic acids is 3. The summed E-state index contributed by atoms with van der Waals surface area (Å²) in [5.41, 5.74) is 0.369. The van der Waals surface area contributed by atoms with Gasteiger partial charge in [0.25, 0.3) is 0 Å². The molecule has 8 heteroatoms. The number of halogens is 2. The van der Waals surface area contributed by atoms with Gasteiger partial charge in [-0.25, -0.2) is 8.78 Å². The van der Waals surface area contributed by atoms with Crippen molar-refractivity contribution in [2.75, 3.05) is 10.6 Å². The van der Waals surface area contributed by atoms with Crippen LogP contribution in [0.3, 0.4) is 0 Å². The Kier molecular flexibility index (Phi) is 5.67. The van der Waals surface area contributed by atoms with E-state index in [2.05, 4.69) is 16.0 Å². The Morgan fingerprint density at radius 2 is 1.64 bits per heavy atom. The summed E-state index contributed by atoms with van der Waals surface area (Å²) in [6.45, 7) is 1.18. The lowest BCUT2D eigenvalue weighted by Gasteiger charge is -2.29. The fourth-order valence-corrected chi connectivity index (χ4v) is 3.14. The highest BCUT2D eigenvalue weighted by Crippen LogP contribution is 2.28. The van der Waals surface area contributed by atoms with Gasteiger partial charge < -0.3 is 16.0 Å². The van der Waals surface area contributed by atoms with E-state index in [4.69, 9.17) is 0 Å². The minimum absolute atomic E-state index is 0.188. The highest BCUT2D eigenvalue weighted by atomic mass is 19.1. The molecule has 2 aromatic rings. The van der Waals surface area contributed by atoms with E-state index in [1.54, 1.807) is 0 Å². The number of carbonyl (C=O) groups is 3. The quantitative estimate of drug-likeness (QED) is 0.705. The second kappa shape index (κ2) is 8.16. The molecule has 2 atom stereocenters. The van der Waals surface area contributed by atoms with Gasteiger partial charge in [-0.05, 0) is 24.5 Å². The Bertz CT molecular complexity index is 918. The maximum Gasteiger partial charge on any atom is 0.237 e. The predicted molar refractivity (Wildman–Crippen MR) is 99.3 cm³/mol. The molecule has 6 nitrogen and oxygen atoms in total. The normalized spacial score (nSPS) is 18.9. The van der Waals surface area contributed by atoms with Gasteiger partial charge in [0, 0.05) is 13.0 Å². The molecular formula is C20H19F2N3O3. The van der Waals surface area contributed by atoms with Crippen LogP contribution in [0.15, 0.2) is 42.5 Å². The minimum Gasteiger partial charge on any atom is -0.349 e. The topological polar surface area (TPSA) is 87.3 Å². The van der Waals surface area contributed by atoms with Gasteiger partial charge in [0.15, 0.2) is 0 Å². The molecule has 3 amide bonds. The van der Waals surface area contributed by atoms with Gasteiger partial charge >= 0.3 is 0 Å². The Morgan fingerprint density at radius 1 is 1.00 bits per heavy atom. The fourth-order valence-electron chi connectivity index (χ4n) is 3.14. The van der Waals surface area contributed by atoms with Gasteiger partial charge in [-0.1, -0.05) is 30.3 Å². The first-order chi connectivity index (χ1) is 13.3. The molecule has 0 radical (unpaired) electrons. The van der Waals surface area contributed by atoms with Crippen LogP contribution < -0.4 is 16.0 Å². The van der Waals surface area contributed by atoms with Crippen LogP contribution >= 0.6 is 0 Å². The molecule has 1 aliphatic rings. The second-order valence-electron chi connectivity index (χ2n) is 6.58. The molecular weight excluding hydrogens is 368 g/mol. The van der Waals surface area contributed by atoms with Gasteiger partial charge in [-0.15, -0.1) is 0 Å². The van der Waals surface area contributed by atoms with Gasteiger partial charge in [-0.3, -0.25) is 14.4 Å². The monoisotopic (exact) mass is 387 g/mol. The molecule has 0 aromatic heterocycles. The molecule has 2 unspecified atom stereocenters. The highest BCUT2D eigenvalue weighted by molar-refractivity contribution is 6.07. The summed E-state index contributed by atoms with van der Waals surface area (Å²) in [7, 11) is 0. The molecule has 0 saturated carbocycles. The summed E-state index contributed by atoms with van der Waals surface area (Å²) in [6.07, 6.45) is 0.843. The smallest absolute Gasteiger partial charge is 0.237 e. The lowest BCUT2D eigenvalue weighted by molar-refractivity contribution is -0.135. The molecule has 146 valence electrons. The molecule has 2 aromatic carbocycles. The minimum atomic E-state index is -1.00. The molecule has 1 heterocycles. The number of rotatable bonds is 4. The predicted octanol–water partition coefficient (Wildman–Crippen LogP) is 3.13. The van der Waals surface area contributed by atoms with Crippen molar-refractivity contribution < 1.29 is 23.2 Å². The van der Waals surface area contributed by atoms with Crippen molar-refractivity contribution in [1.29, 1.82) is 0 Å². The summed E-state index contributed by atoms with van der Waals surface area (Å²) in [5, 5.41) is 7.33. The van der Waals surface area contributed by atoms with E-state index >= 15 is 0 Å². The Morgan fingerprint density at radius 3 is 2.25 bits per heavy atom. The summed E-state index contributed by atoms with van der Waals surface area (Å²) >= 11 is 0. The van der Waals surface area contributed by atoms with Crippen LogP contribution in [0.5, 0.6) is 0 Å². The zero-order valence-corrected chi connectivity index (χ0v) is 15.1. The third-order valence-electron chi connectivity index (χ3n) is 4.52. The van der Waals surface area contributed by atoms with E-state index in [1.165, 1.54) is 6.92 Å². The zero-order valence-electron chi connectivity index (χ0n) is 15.1. The first-order valence-electron chi connectivity index (χ1n) is 8.78. The van der Waals surface area contributed by atoms with Gasteiger partial charge in [0.2, 0.25) is 17.7 Å². The third-order valence-corrected chi connectivity index (χ3v) is 4.52. The summed E-state index contributed by atoms with van der Waals surface area (Å²) < 4.78 is 27.7. The van der Waals surface area contributed by atoms with Crippen LogP contribution in [0.4, 0.5) is 20.2 Å². The molecule has 0 bridgehead atoms. The van der Waals surface area contributed by atoms with Crippen LogP contribution in [0.2, 0.25) is 0 Å². The van der Waals surface area contributed by atoms with E-state index in [0.29, 0.717) is 18.9 Å². The number of nitrogens with one attached hydrogen (secondary N) is 3.